The molecule has 0 saturated heterocycles. The van der Waals surface area contributed by atoms with Gasteiger partial charge in [0, 0.05) is 33.0 Å². The van der Waals surface area contributed by atoms with Crippen molar-refractivity contribution < 1.29 is 40.4 Å². The van der Waals surface area contributed by atoms with Crippen LogP contribution >= 0.6 is 0 Å². The molecule has 2 heterocycles. The smallest absolute Gasteiger partial charge is 0.136 e. The van der Waals surface area contributed by atoms with E-state index in [9.17, 15) is 12.3 Å². The summed E-state index contributed by atoms with van der Waals surface area (Å²) in [6.45, 7) is 0. The molecule has 2 nitrogen and oxygen atoms in total. The Labute approximate surface area is 612 Å². The first-order valence-corrected chi connectivity index (χ1v) is 32.8. The third-order valence-electron chi connectivity index (χ3n) is 19.1. The van der Waals surface area contributed by atoms with E-state index >= 15 is 0 Å². The number of hydrogen-bond donors (Lipinski definition) is 0. The molecule has 1 unspecified atom stereocenters. The van der Waals surface area contributed by atoms with Crippen LogP contribution in [0.4, 0.5) is 0 Å². The van der Waals surface area contributed by atoms with E-state index in [1.165, 1.54) is 11.1 Å². The Morgan fingerprint density at radius 2 is 0.700 bits per heavy atom. The lowest BCUT2D eigenvalue weighted by atomic mass is 9.81. The van der Waals surface area contributed by atoms with Crippen LogP contribution in [0.15, 0.2) is 378 Å². The maximum Gasteiger partial charge on any atom is 0.136 e. The number of furan rings is 2. The summed E-state index contributed by atoms with van der Waals surface area (Å²) in [4.78, 5) is 0. The lowest BCUT2D eigenvalue weighted by Gasteiger charge is -2.23. The third kappa shape index (κ3) is 10.0. The lowest BCUT2D eigenvalue weighted by molar-refractivity contribution is 0.667. The summed E-state index contributed by atoms with van der Waals surface area (Å²) in [5.74, 6) is 0.0997. The standard InChI is InChI=1S/C50H34O.C48H30O/c1-3-13-33(14-4-1)34-23-25-35(26-24-34)39-17-7-8-18-40(39)37-27-29-41-46-31-38(28-30-47(46)51-48(41)32-37)50-44-21-11-9-19-42(44)49(36-15-5-2-6-16-36)43-20-10-12-22-45(43)50;1-3-14-32(15-4-1)36-27-29-44-48(46(36)33-17-5-2-6-18-33)42-30-34(26-28-43(42)49-44)45-38-21-9-11-23-40(38)47(41-24-12-10-22-39(41)45)37-25-13-19-31-16-7-8-20-35(31)37/h1-17,19-32,40H,18H2;1-30H/i9D,10D,11D,12D,19D,20D,21D,22D;7D,8D,9D,10D,11D,12D,13D,16D,19D,20D,21D,22D,23D,24D,25D. The Morgan fingerprint density at radius 1 is 0.270 bits per heavy atom. The van der Waals surface area contributed by atoms with Crippen LogP contribution in [0.2, 0.25) is 0 Å². The van der Waals surface area contributed by atoms with Crippen molar-refractivity contribution in [3.63, 3.8) is 0 Å². The van der Waals surface area contributed by atoms with Gasteiger partial charge in [-0.3, -0.25) is 0 Å². The minimum atomic E-state index is -0.763. The van der Waals surface area contributed by atoms with Crippen LogP contribution in [0, 0.1) is 0 Å². The van der Waals surface area contributed by atoms with E-state index in [-0.39, 0.29) is 89.9 Å². The third-order valence-corrected chi connectivity index (χ3v) is 19.1. The minimum Gasteiger partial charge on any atom is -0.456 e. The van der Waals surface area contributed by atoms with Crippen molar-refractivity contribution in [3.8, 4) is 77.9 Å². The fraction of sp³-hybridized carbons (Fsp3) is 0.0204. The van der Waals surface area contributed by atoms with Crippen molar-refractivity contribution in [3.05, 3.63) is 381 Å². The molecule has 0 amide bonds. The van der Waals surface area contributed by atoms with Crippen LogP contribution in [0.25, 0.3) is 181 Å². The minimum absolute atomic E-state index is 0.00502. The van der Waals surface area contributed by atoms with Crippen molar-refractivity contribution in [2.75, 3.05) is 0 Å². The first kappa shape index (κ1) is 39.4. The largest absolute Gasteiger partial charge is 0.456 e. The second-order valence-corrected chi connectivity index (χ2v) is 24.6. The van der Waals surface area contributed by atoms with Crippen molar-refractivity contribution >= 4 is 103 Å². The summed E-state index contributed by atoms with van der Waals surface area (Å²) in [5.41, 5.74) is 12.9. The molecule has 17 aromatic carbocycles. The van der Waals surface area contributed by atoms with Gasteiger partial charge in [-0.1, -0.05) is 333 Å². The fourth-order valence-electron chi connectivity index (χ4n) is 14.7. The van der Waals surface area contributed by atoms with E-state index < -0.39 is 131 Å². The summed E-state index contributed by atoms with van der Waals surface area (Å²) in [5, 5.41) is 1.81. The average molecular weight is 1300 g/mol. The average Bonchev–Trinajstić information content (AvgIpc) is 0.905. The lowest BCUT2D eigenvalue weighted by Crippen LogP contribution is -2.04. The molecule has 2 aromatic heterocycles. The van der Waals surface area contributed by atoms with Gasteiger partial charge in [-0.25, -0.2) is 0 Å². The Morgan fingerprint density at radius 3 is 1.28 bits per heavy atom. The summed E-state index contributed by atoms with van der Waals surface area (Å²) >= 11 is 0. The summed E-state index contributed by atoms with van der Waals surface area (Å²) in [7, 11) is 0. The number of allylic oxidation sites excluding steroid dienone is 4. The van der Waals surface area contributed by atoms with Gasteiger partial charge in [0.25, 0.3) is 0 Å². The number of fused-ring (bicyclic) bond motifs is 11. The van der Waals surface area contributed by atoms with Crippen LogP contribution < -0.4 is 0 Å². The van der Waals surface area contributed by atoms with Crippen molar-refractivity contribution in [2.45, 2.75) is 12.3 Å². The molecule has 0 N–H and O–H groups in total. The molecular weight excluding hydrogens is 1210 g/mol. The monoisotopic (exact) mass is 1300 g/mol. The predicted molar refractivity (Wildman–Crippen MR) is 424 cm³/mol. The zero-order chi connectivity index (χ0) is 86.1. The normalized spacial score (nSPS) is 16.3. The predicted octanol–water partition coefficient (Wildman–Crippen LogP) is 27.7. The van der Waals surface area contributed by atoms with E-state index in [0.29, 0.717) is 50.0 Å². The van der Waals surface area contributed by atoms with Gasteiger partial charge in [-0.05, 0) is 186 Å². The molecule has 0 radical (unpaired) electrons. The van der Waals surface area contributed by atoms with Gasteiger partial charge in [0.05, 0.1) is 31.5 Å². The summed E-state index contributed by atoms with van der Waals surface area (Å²) in [6, 6.07) is 55.2. The van der Waals surface area contributed by atoms with E-state index in [0.717, 1.165) is 61.5 Å². The van der Waals surface area contributed by atoms with E-state index in [1.54, 1.807) is 48.5 Å². The Hall–Kier alpha value is -12.9. The molecule has 0 fully saturated rings. The zero-order valence-electron chi connectivity index (χ0n) is 76.0. The molecule has 1 aliphatic carbocycles. The van der Waals surface area contributed by atoms with E-state index in [2.05, 4.69) is 72.8 Å². The highest BCUT2D eigenvalue weighted by Gasteiger charge is 2.25. The molecule has 20 rings (SSSR count). The fourth-order valence-corrected chi connectivity index (χ4v) is 14.7. The van der Waals surface area contributed by atoms with Crippen LogP contribution in [-0.2, 0) is 0 Å². The maximum absolute atomic E-state index is 9.50. The first-order valence-electron chi connectivity index (χ1n) is 44.3. The molecule has 1 atom stereocenters. The SMILES string of the molecule is [2H]c1c([2H])c([2H])c2c(-c3c4c([2H])c([2H])c([2H])c([2H])c4c(-c4ccc5oc6ccc(-c7ccccc7)c(-c7ccccc7)c6c5c4)c4c([2H])c([2H])c([2H])c([2H])c34)c([2H])c([2H])c([2H])c2c1[2H].[2H]c1c([2H])c([2H])c2c(-c3ccc4oc5cc(C6CC=CC=C6c6ccc(-c7ccccc7)cc6)ccc5c4c3)c3c([2H])c([2H])c([2H])c([2H])c3c(-c3ccccc3)c2c1[2H]. The number of hydrogen-bond acceptors (Lipinski definition) is 2. The number of rotatable bonds is 9. The molecular formula is C98H64O2. The first-order chi connectivity index (χ1) is 59.2. The highest BCUT2D eigenvalue weighted by Crippen LogP contribution is 2.50. The maximum atomic E-state index is 9.50. The van der Waals surface area contributed by atoms with Crippen LogP contribution in [0.3, 0.4) is 0 Å². The zero-order valence-corrected chi connectivity index (χ0v) is 53.0. The van der Waals surface area contributed by atoms with E-state index in [1.807, 2.05) is 109 Å². The van der Waals surface area contributed by atoms with Crippen LogP contribution in [0.5, 0.6) is 0 Å². The molecule has 1 aliphatic rings. The van der Waals surface area contributed by atoms with Gasteiger partial charge >= 0.3 is 0 Å². The van der Waals surface area contributed by atoms with Gasteiger partial charge in [-0.2, -0.15) is 0 Å². The summed E-state index contributed by atoms with van der Waals surface area (Å²) < 4.78 is 220. The van der Waals surface area contributed by atoms with Gasteiger partial charge in [0.1, 0.15) is 22.3 Å². The molecule has 0 saturated carbocycles. The highest BCUT2D eigenvalue weighted by atomic mass is 16.3. The van der Waals surface area contributed by atoms with Crippen molar-refractivity contribution in [1.29, 1.82) is 0 Å². The van der Waals surface area contributed by atoms with Crippen molar-refractivity contribution in [2.24, 2.45) is 0 Å². The Bertz CT molecular complexity index is 7730. The molecule has 0 spiro atoms. The molecule has 19 aromatic rings. The molecule has 100 heavy (non-hydrogen) atoms. The molecule has 0 aliphatic heterocycles. The Balaban J connectivity index is 0.000000162. The second kappa shape index (κ2) is 24.6. The molecule has 0 bridgehead atoms. The van der Waals surface area contributed by atoms with Crippen LogP contribution in [-0.4, -0.2) is 0 Å². The van der Waals surface area contributed by atoms with Gasteiger partial charge < -0.3 is 8.83 Å². The summed E-state index contributed by atoms with van der Waals surface area (Å²) in [6.07, 6.45) is 7.31. The van der Waals surface area contributed by atoms with E-state index in [4.69, 9.17) is 28.0 Å². The molecule has 2 heteroatoms. The quantitative estimate of drug-likeness (QED) is 0.135. The van der Waals surface area contributed by atoms with Gasteiger partial charge in [-0.15, -0.1) is 0 Å². The number of benzene rings is 17. The van der Waals surface area contributed by atoms with Gasteiger partial charge in [0.15, 0.2) is 0 Å². The highest BCUT2D eigenvalue weighted by molar-refractivity contribution is 6.26. The van der Waals surface area contributed by atoms with Crippen molar-refractivity contribution in [1.82, 2.24) is 0 Å². The topological polar surface area (TPSA) is 26.3 Å². The van der Waals surface area contributed by atoms with Gasteiger partial charge in [0.2, 0.25) is 0 Å². The molecule has 468 valence electrons. The Kier molecular flexibility index (Phi) is 9.70. The van der Waals surface area contributed by atoms with Crippen LogP contribution in [0.1, 0.15) is 55.0 Å². The second-order valence-electron chi connectivity index (χ2n) is 24.6.